The fourth-order valence-electron chi connectivity index (χ4n) is 1.44. The monoisotopic (exact) mass is 334 g/mol. The molecule has 0 nitrogen and oxygen atoms in total. The minimum atomic E-state index is -0.0110. The molecule has 4 heteroatoms. The maximum absolute atomic E-state index is 6.36. The molecule has 0 aliphatic rings. The molecule has 1 atom stereocenters. The van der Waals surface area contributed by atoms with Crippen LogP contribution < -0.4 is 0 Å². The first-order valence-corrected chi connectivity index (χ1v) is 7.32. The molecule has 0 amide bonds. The van der Waals surface area contributed by atoms with Gasteiger partial charge in [0.1, 0.15) is 0 Å². The van der Waals surface area contributed by atoms with E-state index in [1.165, 1.54) is 5.56 Å². The van der Waals surface area contributed by atoms with Crippen molar-refractivity contribution in [2.45, 2.75) is 11.8 Å². The first-order chi connectivity index (χ1) is 7.66. The summed E-state index contributed by atoms with van der Waals surface area (Å²) in [6, 6.07) is 7.92. The molecule has 2 aromatic rings. The Morgan fingerprint density at radius 1 is 1.31 bits per heavy atom. The topological polar surface area (TPSA) is 0 Å². The van der Waals surface area contributed by atoms with Gasteiger partial charge in [0.2, 0.25) is 0 Å². The second kappa shape index (κ2) is 5.54. The molecule has 0 saturated heterocycles. The Kier molecular flexibility index (Phi) is 4.31. The third kappa shape index (κ3) is 3.01. The lowest BCUT2D eigenvalue weighted by Crippen LogP contribution is -1.94. The molecule has 1 aromatic heterocycles. The first-order valence-electron chi connectivity index (χ1n) is 4.77. The van der Waals surface area contributed by atoms with E-state index < -0.39 is 0 Å². The van der Waals surface area contributed by atoms with E-state index in [0.29, 0.717) is 5.02 Å². The van der Waals surface area contributed by atoms with Crippen molar-refractivity contribution in [1.29, 1.82) is 0 Å². The summed E-state index contributed by atoms with van der Waals surface area (Å²) in [5.41, 5.74) is 2.36. The zero-order valence-corrected chi connectivity index (χ0v) is 12.2. The molecule has 0 aliphatic carbocycles. The van der Waals surface area contributed by atoms with Gasteiger partial charge in [-0.15, -0.1) is 11.6 Å². The summed E-state index contributed by atoms with van der Waals surface area (Å²) in [6.45, 7) is 0. The highest BCUT2D eigenvalue weighted by molar-refractivity contribution is 9.10. The molecule has 0 spiro atoms. The molecule has 2 rings (SSSR count). The van der Waals surface area contributed by atoms with Crippen LogP contribution in [0.15, 0.2) is 39.5 Å². The van der Waals surface area contributed by atoms with Crippen LogP contribution in [-0.4, -0.2) is 0 Å². The Morgan fingerprint density at radius 2 is 2.12 bits per heavy atom. The summed E-state index contributed by atoms with van der Waals surface area (Å²) < 4.78 is 0.891. The van der Waals surface area contributed by atoms with E-state index in [1.54, 1.807) is 11.3 Å². The van der Waals surface area contributed by atoms with E-state index in [1.807, 2.05) is 18.2 Å². The molecule has 1 heterocycles. The number of benzene rings is 1. The van der Waals surface area contributed by atoms with E-state index in [0.717, 1.165) is 16.5 Å². The molecule has 1 aromatic carbocycles. The van der Waals surface area contributed by atoms with E-state index in [9.17, 15) is 0 Å². The molecule has 1 unspecified atom stereocenters. The highest BCUT2D eigenvalue weighted by Crippen LogP contribution is 2.31. The van der Waals surface area contributed by atoms with Gasteiger partial charge in [0.25, 0.3) is 0 Å². The molecule has 0 aliphatic heterocycles. The van der Waals surface area contributed by atoms with Crippen molar-refractivity contribution in [2.75, 3.05) is 0 Å². The summed E-state index contributed by atoms with van der Waals surface area (Å²) >= 11 is 17.4. The van der Waals surface area contributed by atoms with Gasteiger partial charge in [0.05, 0.1) is 10.4 Å². The molecule has 0 saturated carbocycles. The van der Waals surface area contributed by atoms with E-state index >= 15 is 0 Å². The Balaban J connectivity index is 2.14. The fourth-order valence-corrected chi connectivity index (χ4v) is 2.95. The standard InChI is InChI=1S/C12H9BrCl2S/c13-10-6-9(1-2-11(10)14)12(15)5-8-3-4-16-7-8/h1-4,6-7,12H,5H2. The van der Waals surface area contributed by atoms with E-state index in [2.05, 4.69) is 32.8 Å². The number of halogens is 3. The van der Waals surface area contributed by atoms with Crippen LogP contribution in [0, 0.1) is 0 Å². The van der Waals surface area contributed by atoms with Crippen LogP contribution in [0.5, 0.6) is 0 Å². The number of hydrogen-bond acceptors (Lipinski definition) is 1. The summed E-state index contributed by atoms with van der Waals surface area (Å²) in [5, 5.41) is 4.89. The van der Waals surface area contributed by atoms with E-state index in [4.69, 9.17) is 23.2 Å². The number of thiophene rings is 1. The third-order valence-electron chi connectivity index (χ3n) is 2.30. The lowest BCUT2D eigenvalue weighted by Gasteiger charge is -2.09. The first kappa shape index (κ1) is 12.4. The van der Waals surface area contributed by atoms with E-state index in [-0.39, 0.29) is 5.38 Å². The minimum absolute atomic E-state index is 0.0110. The van der Waals surface area contributed by atoms with Crippen LogP contribution in [-0.2, 0) is 6.42 Å². The summed E-state index contributed by atoms with van der Waals surface area (Å²) in [7, 11) is 0. The maximum Gasteiger partial charge on any atom is 0.0626 e. The van der Waals surface area contributed by atoms with Gasteiger partial charge in [-0.2, -0.15) is 11.3 Å². The molecular formula is C12H9BrCl2S. The smallest absolute Gasteiger partial charge is 0.0626 e. The number of alkyl halides is 1. The molecule has 84 valence electrons. The van der Waals surface area contributed by atoms with Crippen molar-refractivity contribution in [2.24, 2.45) is 0 Å². The van der Waals surface area contributed by atoms with Crippen molar-refractivity contribution in [3.05, 3.63) is 55.6 Å². The fraction of sp³-hybridized carbons (Fsp3) is 0.167. The molecule has 0 fully saturated rings. The van der Waals surface area contributed by atoms with Gasteiger partial charge < -0.3 is 0 Å². The Hall–Kier alpha value is -0.0200. The average Bonchev–Trinajstić information content (AvgIpc) is 2.74. The largest absolute Gasteiger partial charge is 0.152 e. The SMILES string of the molecule is Clc1ccc(C(Cl)Cc2ccsc2)cc1Br. The summed E-state index contributed by atoms with van der Waals surface area (Å²) in [5.74, 6) is 0. The summed E-state index contributed by atoms with van der Waals surface area (Å²) in [4.78, 5) is 0. The zero-order valence-electron chi connectivity index (χ0n) is 8.29. The van der Waals surface area contributed by atoms with Gasteiger partial charge in [-0.3, -0.25) is 0 Å². The zero-order chi connectivity index (χ0) is 11.5. The normalized spacial score (nSPS) is 12.7. The van der Waals surface area contributed by atoms with Gasteiger partial charge in [-0.25, -0.2) is 0 Å². The Morgan fingerprint density at radius 3 is 2.75 bits per heavy atom. The lowest BCUT2D eigenvalue weighted by molar-refractivity contribution is 0.924. The van der Waals surface area contributed by atoms with Crippen LogP contribution in [0.1, 0.15) is 16.5 Å². The Bertz CT molecular complexity index is 468. The van der Waals surface area contributed by atoms with Gasteiger partial charge in [-0.05, 0) is 62.4 Å². The van der Waals surface area contributed by atoms with Crippen molar-refractivity contribution >= 4 is 50.5 Å². The lowest BCUT2D eigenvalue weighted by atomic mass is 10.1. The molecule has 16 heavy (non-hydrogen) atoms. The molecule has 0 radical (unpaired) electrons. The van der Waals surface area contributed by atoms with Crippen LogP contribution in [0.3, 0.4) is 0 Å². The molecule has 0 bridgehead atoms. The summed E-state index contributed by atoms with van der Waals surface area (Å²) in [6.07, 6.45) is 0.846. The van der Waals surface area contributed by atoms with Crippen LogP contribution >= 0.6 is 50.5 Å². The van der Waals surface area contributed by atoms with Crippen molar-refractivity contribution in [1.82, 2.24) is 0 Å². The van der Waals surface area contributed by atoms with Crippen LogP contribution in [0.25, 0.3) is 0 Å². The second-order valence-electron chi connectivity index (χ2n) is 3.48. The number of rotatable bonds is 3. The van der Waals surface area contributed by atoms with Crippen molar-refractivity contribution in [3.8, 4) is 0 Å². The minimum Gasteiger partial charge on any atom is -0.152 e. The van der Waals surface area contributed by atoms with Crippen LogP contribution in [0.2, 0.25) is 5.02 Å². The Labute approximate surface area is 117 Å². The molecular weight excluding hydrogens is 327 g/mol. The third-order valence-corrected chi connectivity index (χ3v) is 4.65. The molecule has 0 N–H and O–H groups in total. The predicted molar refractivity (Wildman–Crippen MR) is 75.8 cm³/mol. The second-order valence-corrected chi connectivity index (χ2v) is 6.05. The quantitative estimate of drug-likeness (QED) is 0.632. The maximum atomic E-state index is 6.36. The van der Waals surface area contributed by atoms with Crippen molar-refractivity contribution in [3.63, 3.8) is 0 Å². The van der Waals surface area contributed by atoms with Gasteiger partial charge >= 0.3 is 0 Å². The van der Waals surface area contributed by atoms with Crippen molar-refractivity contribution < 1.29 is 0 Å². The van der Waals surface area contributed by atoms with Gasteiger partial charge in [0.15, 0.2) is 0 Å². The van der Waals surface area contributed by atoms with Gasteiger partial charge in [-0.1, -0.05) is 17.7 Å². The van der Waals surface area contributed by atoms with Gasteiger partial charge in [0, 0.05) is 4.47 Å². The predicted octanol–water partition coefficient (Wildman–Crippen LogP) is 5.69. The highest BCUT2D eigenvalue weighted by Gasteiger charge is 2.10. The highest BCUT2D eigenvalue weighted by atomic mass is 79.9. The average molecular weight is 336 g/mol. The number of hydrogen-bond donors (Lipinski definition) is 0. The van der Waals surface area contributed by atoms with Crippen LogP contribution in [0.4, 0.5) is 0 Å².